The maximum absolute atomic E-state index is 8.93. The van der Waals surface area contributed by atoms with Gasteiger partial charge in [-0.2, -0.15) is 0 Å². The van der Waals surface area contributed by atoms with Crippen LogP contribution in [0.1, 0.15) is 0 Å². The van der Waals surface area contributed by atoms with E-state index in [1.165, 1.54) is 0 Å². The molecule has 12 nitrogen and oxygen atoms in total. The number of carbonyl (C=O) groups excluding carboxylic acids is 6. The van der Waals surface area contributed by atoms with Crippen molar-refractivity contribution in [2.24, 2.45) is 0 Å². The second-order valence-corrected chi connectivity index (χ2v) is 1.72. The second kappa shape index (κ2) is 13.9. The number of carboxylic acid groups (broad SMARTS) is 6. The first-order valence-electron chi connectivity index (χ1n) is 3.20. The monoisotopic (exact) mass is 502 g/mol. The van der Waals surface area contributed by atoms with Crippen molar-refractivity contribution >= 4 is 35.8 Å². The van der Waals surface area contributed by atoms with Crippen molar-refractivity contribution in [3.05, 3.63) is 0 Å². The van der Waals surface area contributed by atoms with E-state index in [1.54, 1.807) is 0 Å². The minimum Gasteiger partial charge on any atom is -0.543 e. The van der Waals surface area contributed by atoms with Crippen LogP contribution < -0.4 is 30.6 Å². The number of hydrogen-bond donors (Lipinski definition) is 0. The summed E-state index contributed by atoms with van der Waals surface area (Å²) in [6.07, 6.45) is 0. The first-order valence-corrected chi connectivity index (χ1v) is 3.20. The summed E-state index contributed by atoms with van der Waals surface area (Å²) in [5, 5.41) is 53.6. The van der Waals surface area contributed by atoms with E-state index in [0.717, 1.165) is 0 Å². The van der Waals surface area contributed by atoms with Gasteiger partial charge in [-0.1, -0.05) is 0 Å². The van der Waals surface area contributed by atoms with Crippen molar-refractivity contribution < 1.29 is 90.5 Å². The first-order chi connectivity index (χ1) is 7.93. The number of carbonyl (C=O) groups is 6. The van der Waals surface area contributed by atoms with Crippen molar-refractivity contribution in [3.8, 4) is 0 Å². The third kappa shape index (κ3) is 31.3. The maximum atomic E-state index is 8.93. The Balaban J connectivity index is -0.0000000865. The van der Waals surface area contributed by atoms with Crippen molar-refractivity contribution in [2.45, 2.75) is 0 Å². The quantitative estimate of drug-likeness (QED) is 0.281. The van der Waals surface area contributed by atoms with Gasteiger partial charge in [0.2, 0.25) is 0 Å². The Morgan fingerprint density at radius 1 is 0.368 bits per heavy atom. The summed E-state index contributed by atoms with van der Waals surface area (Å²) in [4.78, 5) is 53.6. The molecule has 0 radical (unpaired) electrons. The van der Waals surface area contributed by atoms with E-state index in [2.05, 4.69) is 0 Å². The van der Waals surface area contributed by atoms with Crippen molar-refractivity contribution in [2.75, 3.05) is 0 Å². The molecule has 0 saturated carbocycles. The van der Waals surface area contributed by atoms with Crippen LogP contribution >= 0.6 is 0 Å². The van der Waals surface area contributed by atoms with E-state index in [1.807, 2.05) is 0 Å². The summed E-state index contributed by atoms with van der Waals surface area (Å²) in [6, 6.07) is 0. The Morgan fingerprint density at radius 3 is 0.421 bits per heavy atom. The molecular weight excluding hydrogens is 502 g/mol. The SMILES string of the molecule is O=C([O-])C(=O)[O-].O=C([O-])C(=O)[O-].O=C([O-])C(=O)[O-].[U]. The zero-order chi connectivity index (χ0) is 15.5. The van der Waals surface area contributed by atoms with Crippen LogP contribution in [0.4, 0.5) is 0 Å². The van der Waals surface area contributed by atoms with Gasteiger partial charge in [-0.15, -0.1) is 0 Å². The topological polar surface area (TPSA) is 241 Å². The Kier molecular flexibility index (Phi) is 18.8. The Labute approximate surface area is 126 Å². The Hall–Kier alpha value is -2.13. The average Bonchev–Trinajstić information content (AvgIpc) is 2.18. The molecule has 0 aromatic carbocycles. The predicted octanol–water partition coefficient (Wildman–Crippen LogP) is -10.5. The minimum atomic E-state index is -2.19. The van der Waals surface area contributed by atoms with Gasteiger partial charge in [0.05, 0.1) is 35.8 Å². The molecule has 106 valence electrons. The van der Waals surface area contributed by atoms with Gasteiger partial charge in [-0.05, 0) is 0 Å². The molecule has 0 aliphatic carbocycles. The van der Waals surface area contributed by atoms with Gasteiger partial charge in [0.15, 0.2) is 0 Å². The second-order valence-electron chi connectivity index (χ2n) is 1.72. The van der Waals surface area contributed by atoms with Crippen LogP contribution in [-0.2, 0) is 28.8 Å². The molecule has 0 aromatic heterocycles. The molecule has 0 rings (SSSR count). The minimum absolute atomic E-state index is 0. The average molecular weight is 502 g/mol. The molecule has 0 aromatic rings. The van der Waals surface area contributed by atoms with Gasteiger partial charge in [0, 0.05) is 31.1 Å². The summed E-state index contributed by atoms with van der Waals surface area (Å²) in [6.45, 7) is 0. The molecule has 0 aliphatic heterocycles. The zero-order valence-electron chi connectivity index (χ0n) is 8.40. The number of aliphatic carboxylic acids is 6. The van der Waals surface area contributed by atoms with Crippen molar-refractivity contribution in [3.63, 3.8) is 0 Å². The van der Waals surface area contributed by atoms with Gasteiger partial charge in [-0.3, -0.25) is 0 Å². The third-order valence-electron chi connectivity index (χ3n) is 0.500. The largest absolute Gasteiger partial charge is 0.543 e. The van der Waals surface area contributed by atoms with E-state index in [9.17, 15) is 0 Å². The van der Waals surface area contributed by atoms with Gasteiger partial charge in [0.1, 0.15) is 0 Å². The fourth-order valence-electron chi connectivity index (χ4n) is 0. The Bertz CT molecular complexity index is 277. The van der Waals surface area contributed by atoms with E-state index in [0.29, 0.717) is 0 Å². The molecule has 0 amide bonds. The van der Waals surface area contributed by atoms with Crippen LogP contribution in [-0.4, -0.2) is 35.8 Å². The van der Waals surface area contributed by atoms with E-state index in [-0.39, 0.29) is 31.1 Å². The van der Waals surface area contributed by atoms with Crippen LogP contribution in [0.2, 0.25) is 0 Å². The summed E-state index contributed by atoms with van der Waals surface area (Å²) < 4.78 is 0. The molecule has 0 fully saturated rings. The molecular formula is C6O12U-6. The van der Waals surface area contributed by atoms with Gasteiger partial charge < -0.3 is 59.4 Å². The van der Waals surface area contributed by atoms with Gasteiger partial charge >= 0.3 is 0 Å². The fourth-order valence-corrected chi connectivity index (χ4v) is 0. The van der Waals surface area contributed by atoms with Gasteiger partial charge in [-0.25, -0.2) is 0 Å². The summed E-state index contributed by atoms with van der Waals surface area (Å²) >= 11 is 0. The number of hydrogen-bond acceptors (Lipinski definition) is 12. The molecule has 19 heavy (non-hydrogen) atoms. The van der Waals surface area contributed by atoms with Crippen LogP contribution in [0.3, 0.4) is 0 Å². The summed E-state index contributed by atoms with van der Waals surface area (Å²) in [5.74, 6) is -13.1. The van der Waals surface area contributed by atoms with Crippen LogP contribution in [0, 0.1) is 31.1 Å². The maximum Gasteiger partial charge on any atom is 0.0870 e. The standard InChI is InChI=1S/3C2H2O4.U/c3*3-1(4)2(5)6;/h3*(H,3,4)(H,5,6);/p-6. The molecule has 0 aliphatic rings. The predicted molar refractivity (Wildman–Crippen MR) is 30.0 cm³/mol. The smallest absolute Gasteiger partial charge is 0.0870 e. The Morgan fingerprint density at radius 2 is 0.421 bits per heavy atom. The van der Waals surface area contributed by atoms with Crippen LogP contribution in [0.5, 0.6) is 0 Å². The van der Waals surface area contributed by atoms with E-state index >= 15 is 0 Å². The van der Waals surface area contributed by atoms with Crippen molar-refractivity contribution in [1.29, 1.82) is 0 Å². The molecule has 0 atom stereocenters. The van der Waals surface area contributed by atoms with Crippen LogP contribution in [0.15, 0.2) is 0 Å². The number of carboxylic acids is 6. The number of rotatable bonds is 0. The molecule has 13 heteroatoms. The van der Waals surface area contributed by atoms with Crippen LogP contribution in [0.25, 0.3) is 0 Å². The molecule has 0 unspecified atom stereocenters. The molecule has 0 N–H and O–H groups in total. The third-order valence-corrected chi connectivity index (χ3v) is 0.500. The van der Waals surface area contributed by atoms with E-state index < -0.39 is 35.8 Å². The zero-order valence-corrected chi connectivity index (χ0v) is 12.6. The van der Waals surface area contributed by atoms with Gasteiger partial charge in [0.25, 0.3) is 0 Å². The fraction of sp³-hybridized carbons (Fsp3) is 0. The molecule has 0 saturated heterocycles. The van der Waals surface area contributed by atoms with Crippen molar-refractivity contribution in [1.82, 2.24) is 0 Å². The van der Waals surface area contributed by atoms with E-state index in [4.69, 9.17) is 59.4 Å². The normalized spacial score (nSPS) is 6.95. The summed E-state index contributed by atoms with van der Waals surface area (Å²) in [5.41, 5.74) is 0. The molecule has 0 heterocycles. The molecule has 0 bridgehead atoms. The first kappa shape index (κ1) is 25.7. The molecule has 0 spiro atoms. The summed E-state index contributed by atoms with van der Waals surface area (Å²) in [7, 11) is 0.